The summed E-state index contributed by atoms with van der Waals surface area (Å²) in [5.41, 5.74) is 0. The molecule has 0 saturated heterocycles. The summed E-state index contributed by atoms with van der Waals surface area (Å²) in [5.74, 6) is 0. The Hall–Kier alpha value is 0.830. The van der Waals surface area contributed by atoms with Crippen LogP contribution in [0.1, 0.15) is 72.6 Å². The fourth-order valence-electron chi connectivity index (χ4n) is 1.75. The zero-order chi connectivity index (χ0) is 13.0. The zero-order valence-corrected chi connectivity index (χ0v) is 15.2. The van der Waals surface area contributed by atoms with Gasteiger partial charge in [-0.25, -0.2) is 4.18 Å². The summed E-state index contributed by atoms with van der Waals surface area (Å²) in [7, 11) is -4.23. The van der Waals surface area contributed by atoms with Gasteiger partial charge in [0, 0.05) is 0 Å². The first-order chi connectivity index (χ1) is 8.06. The SMILES string of the molecule is CCCCCCCCCCCCOS(=O)(=O)O.O.[H-].[Na+]. The standard InChI is InChI=1S/C12H26O4S.Na.H2O.H/c1-2-3-4-5-6-7-8-9-10-11-12-16-17(13,14)15;;;/h2-12H2,1H3,(H,13,14,15);;1H2;/q;+1;;-1. The molecule has 114 valence electrons. The summed E-state index contributed by atoms with van der Waals surface area (Å²) in [5, 5.41) is 0. The summed E-state index contributed by atoms with van der Waals surface area (Å²) < 4.78 is 33.0. The van der Waals surface area contributed by atoms with Crippen LogP contribution >= 0.6 is 0 Å². The number of hydrogen-bond donors (Lipinski definition) is 1. The van der Waals surface area contributed by atoms with E-state index in [1.807, 2.05) is 0 Å². The Balaban J connectivity index is -0.000000427. The topological polar surface area (TPSA) is 95.1 Å². The van der Waals surface area contributed by atoms with Crippen molar-refractivity contribution in [2.45, 2.75) is 71.1 Å². The van der Waals surface area contributed by atoms with E-state index in [4.69, 9.17) is 4.55 Å². The molecule has 3 N–H and O–H groups in total. The largest absolute Gasteiger partial charge is 1.00 e. The first-order valence-electron chi connectivity index (χ1n) is 6.68. The van der Waals surface area contributed by atoms with Gasteiger partial charge in [0.15, 0.2) is 0 Å². The van der Waals surface area contributed by atoms with E-state index < -0.39 is 10.4 Å². The molecule has 0 heterocycles. The van der Waals surface area contributed by atoms with Gasteiger partial charge in [0.25, 0.3) is 0 Å². The number of unbranched alkanes of at least 4 members (excludes halogenated alkanes) is 9. The molecule has 5 nitrogen and oxygen atoms in total. The molecule has 0 aromatic heterocycles. The van der Waals surface area contributed by atoms with Crippen molar-refractivity contribution in [3.8, 4) is 0 Å². The van der Waals surface area contributed by atoms with Crippen LogP contribution in [0.2, 0.25) is 0 Å². The van der Waals surface area contributed by atoms with Gasteiger partial charge in [0.05, 0.1) is 6.61 Å². The van der Waals surface area contributed by atoms with Gasteiger partial charge in [-0.1, -0.05) is 64.7 Å². The minimum Gasteiger partial charge on any atom is -1.00 e. The van der Waals surface area contributed by atoms with Crippen molar-refractivity contribution in [3.05, 3.63) is 0 Å². The molecule has 0 spiro atoms. The maximum Gasteiger partial charge on any atom is 1.00 e. The molecule has 0 radical (unpaired) electrons. The van der Waals surface area contributed by atoms with Crippen LogP contribution in [-0.2, 0) is 14.6 Å². The maximum absolute atomic E-state index is 10.2. The second-order valence-corrected chi connectivity index (χ2v) is 5.52. The van der Waals surface area contributed by atoms with Crippen LogP contribution in [0.3, 0.4) is 0 Å². The van der Waals surface area contributed by atoms with Crippen molar-refractivity contribution in [3.63, 3.8) is 0 Å². The smallest absolute Gasteiger partial charge is 1.00 e. The Morgan fingerprint density at radius 3 is 1.63 bits per heavy atom. The van der Waals surface area contributed by atoms with E-state index in [0.717, 1.165) is 12.8 Å². The maximum atomic E-state index is 10.2. The monoisotopic (exact) mass is 308 g/mol. The Kier molecular flexibility index (Phi) is 22.1. The number of rotatable bonds is 12. The average molecular weight is 308 g/mol. The van der Waals surface area contributed by atoms with E-state index in [0.29, 0.717) is 6.42 Å². The van der Waals surface area contributed by atoms with E-state index >= 15 is 0 Å². The van der Waals surface area contributed by atoms with Gasteiger partial charge in [-0.3, -0.25) is 4.55 Å². The second kappa shape index (κ2) is 16.9. The molecule has 0 amide bonds. The first-order valence-corrected chi connectivity index (χ1v) is 8.04. The second-order valence-electron chi connectivity index (χ2n) is 4.43. The summed E-state index contributed by atoms with van der Waals surface area (Å²) in [4.78, 5) is 0. The van der Waals surface area contributed by atoms with Crippen LogP contribution in [0, 0.1) is 0 Å². The molecule has 19 heavy (non-hydrogen) atoms. The zero-order valence-electron chi connectivity index (χ0n) is 13.4. The minimum atomic E-state index is -4.23. The van der Waals surface area contributed by atoms with E-state index in [9.17, 15) is 8.42 Å². The Morgan fingerprint density at radius 1 is 0.895 bits per heavy atom. The van der Waals surface area contributed by atoms with Crippen molar-refractivity contribution in [1.82, 2.24) is 0 Å². The molecular weight excluding hydrogens is 279 g/mol. The third kappa shape index (κ3) is 24.3. The van der Waals surface area contributed by atoms with Crippen molar-refractivity contribution in [2.75, 3.05) is 6.61 Å². The Labute approximate surface area is 141 Å². The van der Waals surface area contributed by atoms with Gasteiger partial charge in [-0.15, -0.1) is 0 Å². The third-order valence-corrected chi connectivity index (χ3v) is 3.19. The van der Waals surface area contributed by atoms with Crippen LogP contribution < -0.4 is 29.6 Å². The summed E-state index contributed by atoms with van der Waals surface area (Å²) in [6.07, 6.45) is 11.9. The normalized spacial score (nSPS) is 10.6. The van der Waals surface area contributed by atoms with Crippen LogP contribution in [0.5, 0.6) is 0 Å². The summed E-state index contributed by atoms with van der Waals surface area (Å²) >= 11 is 0. The van der Waals surface area contributed by atoms with E-state index in [1.54, 1.807) is 0 Å². The molecule has 0 rings (SSSR count). The van der Waals surface area contributed by atoms with Gasteiger partial charge in [0.2, 0.25) is 0 Å². The Bertz CT molecular complexity index is 263. The predicted molar refractivity (Wildman–Crippen MR) is 74.1 cm³/mol. The predicted octanol–water partition coefficient (Wildman–Crippen LogP) is 0.0185. The molecule has 0 aliphatic heterocycles. The van der Waals surface area contributed by atoms with Gasteiger partial charge in [-0.2, -0.15) is 8.42 Å². The quantitative estimate of drug-likeness (QED) is 0.312. The molecule has 0 aliphatic rings. The molecule has 0 fully saturated rings. The van der Waals surface area contributed by atoms with Crippen molar-refractivity contribution < 1.29 is 53.6 Å². The summed E-state index contributed by atoms with van der Waals surface area (Å²) in [6.45, 7) is 2.31. The van der Waals surface area contributed by atoms with Crippen molar-refractivity contribution >= 4 is 10.4 Å². The molecule has 0 unspecified atom stereocenters. The fraction of sp³-hybridized carbons (Fsp3) is 1.00. The van der Waals surface area contributed by atoms with Gasteiger partial charge in [-0.05, 0) is 6.42 Å². The molecule has 0 aliphatic carbocycles. The van der Waals surface area contributed by atoms with Crippen molar-refractivity contribution in [1.29, 1.82) is 0 Å². The van der Waals surface area contributed by atoms with Gasteiger partial charge < -0.3 is 6.90 Å². The van der Waals surface area contributed by atoms with Crippen molar-refractivity contribution in [2.24, 2.45) is 0 Å². The minimum absolute atomic E-state index is 0. The van der Waals surface area contributed by atoms with Crippen LogP contribution in [0.4, 0.5) is 0 Å². The fourth-order valence-corrected chi connectivity index (χ4v) is 2.08. The first kappa shape index (κ1) is 24.8. The van der Waals surface area contributed by atoms with Crippen LogP contribution in [-0.4, -0.2) is 25.1 Å². The van der Waals surface area contributed by atoms with Crippen LogP contribution in [0.15, 0.2) is 0 Å². The molecule has 0 atom stereocenters. The van der Waals surface area contributed by atoms with E-state index in [-0.39, 0.29) is 43.1 Å². The Morgan fingerprint density at radius 2 is 1.26 bits per heavy atom. The molecule has 0 aromatic carbocycles. The van der Waals surface area contributed by atoms with Gasteiger partial charge in [0.1, 0.15) is 0 Å². The van der Waals surface area contributed by atoms with Gasteiger partial charge >= 0.3 is 40.0 Å². The molecule has 0 saturated carbocycles. The molecule has 0 aromatic rings. The molecule has 0 bridgehead atoms. The van der Waals surface area contributed by atoms with Crippen LogP contribution in [0.25, 0.3) is 0 Å². The summed E-state index contributed by atoms with van der Waals surface area (Å²) in [6, 6.07) is 0. The molecule has 7 heteroatoms. The number of hydrogen-bond acceptors (Lipinski definition) is 3. The van der Waals surface area contributed by atoms with E-state index in [1.165, 1.54) is 44.9 Å². The third-order valence-electron chi connectivity index (χ3n) is 2.73. The van der Waals surface area contributed by atoms with E-state index in [2.05, 4.69) is 11.1 Å². The molecular formula is C12H29NaO5S. The average Bonchev–Trinajstić information content (AvgIpc) is 2.24.